The van der Waals surface area contributed by atoms with Crippen LogP contribution in [0.1, 0.15) is 42.5 Å². The van der Waals surface area contributed by atoms with Gasteiger partial charge in [-0.1, -0.05) is 0 Å². The van der Waals surface area contributed by atoms with Crippen LogP contribution < -0.4 is 5.32 Å². The second-order valence-electron chi connectivity index (χ2n) is 7.38. The standard InChI is InChI=1S/C19H27N3O4S/c1-27(25,26)22-13-5-6-16(14-22)18(23)20-17-9-7-15(8-10-17)19(24)21-11-3-2-4-12-21/h7-10,16H,2-6,11-14H2,1H3,(H,20,23). The molecule has 8 heteroatoms. The molecule has 1 atom stereocenters. The Balaban J connectivity index is 1.59. The van der Waals surface area contributed by atoms with Crippen molar-refractivity contribution in [3.8, 4) is 0 Å². The van der Waals surface area contributed by atoms with Crippen LogP contribution in [0.3, 0.4) is 0 Å². The molecule has 1 unspecified atom stereocenters. The Morgan fingerprint density at radius 2 is 1.67 bits per heavy atom. The van der Waals surface area contributed by atoms with Crippen LogP contribution in [0.25, 0.3) is 0 Å². The van der Waals surface area contributed by atoms with Gasteiger partial charge >= 0.3 is 0 Å². The minimum absolute atomic E-state index is 0.0312. The molecule has 2 fully saturated rings. The van der Waals surface area contributed by atoms with Crippen LogP contribution >= 0.6 is 0 Å². The van der Waals surface area contributed by atoms with Crippen molar-refractivity contribution in [2.24, 2.45) is 5.92 Å². The Morgan fingerprint density at radius 3 is 2.30 bits per heavy atom. The van der Waals surface area contributed by atoms with Gasteiger partial charge in [0, 0.05) is 37.4 Å². The van der Waals surface area contributed by atoms with Crippen LogP contribution in [0.4, 0.5) is 5.69 Å². The Hall–Kier alpha value is -1.93. The van der Waals surface area contributed by atoms with Gasteiger partial charge in [0.2, 0.25) is 15.9 Å². The molecule has 0 spiro atoms. The van der Waals surface area contributed by atoms with Gasteiger partial charge in [-0.05, 0) is 56.4 Å². The topological polar surface area (TPSA) is 86.8 Å². The number of sulfonamides is 1. The lowest BCUT2D eigenvalue weighted by Crippen LogP contribution is -2.43. The van der Waals surface area contributed by atoms with Gasteiger partial charge in [-0.3, -0.25) is 9.59 Å². The molecule has 1 aromatic rings. The summed E-state index contributed by atoms with van der Waals surface area (Å²) < 4.78 is 24.8. The van der Waals surface area contributed by atoms with Gasteiger partial charge in [0.15, 0.2) is 0 Å². The smallest absolute Gasteiger partial charge is 0.253 e. The highest BCUT2D eigenvalue weighted by molar-refractivity contribution is 7.88. The first-order chi connectivity index (χ1) is 12.8. The van der Waals surface area contributed by atoms with Crippen molar-refractivity contribution in [3.05, 3.63) is 29.8 Å². The maximum absolute atomic E-state index is 12.5. The number of amides is 2. The molecule has 7 nitrogen and oxygen atoms in total. The zero-order chi connectivity index (χ0) is 19.4. The van der Waals surface area contributed by atoms with Gasteiger partial charge in [0.1, 0.15) is 0 Å². The van der Waals surface area contributed by atoms with E-state index in [1.807, 2.05) is 4.90 Å². The molecule has 1 N–H and O–H groups in total. The maximum Gasteiger partial charge on any atom is 0.253 e. The maximum atomic E-state index is 12.5. The normalized spacial score (nSPS) is 21.7. The lowest BCUT2D eigenvalue weighted by molar-refractivity contribution is -0.120. The summed E-state index contributed by atoms with van der Waals surface area (Å²) >= 11 is 0. The highest BCUT2D eigenvalue weighted by Gasteiger charge is 2.30. The van der Waals surface area contributed by atoms with E-state index in [9.17, 15) is 18.0 Å². The molecule has 0 saturated carbocycles. The van der Waals surface area contributed by atoms with Gasteiger partial charge in [-0.15, -0.1) is 0 Å². The van der Waals surface area contributed by atoms with Crippen molar-refractivity contribution in [2.75, 3.05) is 37.8 Å². The first-order valence-corrected chi connectivity index (χ1v) is 11.3. The molecule has 148 valence electrons. The predicted molar refractivity (Wildman–Crippen MR) is 104 cm³/mol. The first-order valence-electron chi connectivity index (χ1n) is 9.50. The molecule has 3 rings (SSSR count). The average molecular weight is 394 g/mol. The molecule has 2 aliphatic rings. The van der Waals surface area contributed by atoms with Crippen LogP contribution in [-0.4, -0.2) is 61.9 Å². The Bertz CT molecular complexity index is 786. The summed E-state index contributed by atoms with van der Waals surface area (Å²) in [7, 11) is -3.28. The molecule has 2 saturated heterocycles. The second-order valence-corrected chi connectivity index (χ2v) is 9.36. The molecule has 27 heavy (non-hydrogen) atoms. The molecule has 1 aromatic carbocycles. The van der Waals surface area contributed by atoms with E-state index in [4.69, 9.17) is 0 Å². The first kappa shape index (κ1) is 19.8. The Kier molecular flexibility index (Phi) is 6.16. The van der Waals surface area contributed by atoms with Crippen LogP contribution in [0.2, 0.25) is 0 Å². The van der Waals surface area contributed by atoms with Gasteiger partial charge in [-0.25, -0.2) is 12.7 Å². The third-order valence-electron chi connectivity index (χ3n) is 5.27. The fourth-order valence-electron chi connectivity index (χ4n) is 3.68. The van der Waals surface area contributed by atoms with E-state index in [1.54, 1.807) is 24.3 Å². The van der Waals surface area contributed by atoms with Crippen LogP contribution in [0.15, 0.2) is 24.3 Å². The Labute approximate surface area is 160 Å². The number of hydrogen-bond acceptors (Lipinski definition) is 4. The molecular formula is C19H27N3O4S. The van der Waals surface area contributed by atoms with Gasteiger partial charge in [-0.2, -0.15) is 0 Å². The molecular weight excluding hydrogens is 366 g/mol. The summed E-state index contributed by atoms with van der Waals surface area (Å²) in [4.78, 5) is 26.9. The lowest BCUT2D eigenvalue weighted by Gasteiger charge is -2.30. The number of anilines is 1. The van der Waals surface area contributed by atoms with Crippen molar-refractivity contribution in [1.29, 1.82) is 0 Å². The number of hydrogen-bond donors (Lipinski definition) is 1. The van der Waals surface area contributed by atoms with Crippen molar-refractivity contribution in [2.45, 2.75) is 32.1 Å². The zero-order valence-electron chi connectivity index (χ0n) is 15.7. The van der Waals surface area contributed by atoms with E-state index in [0.717, 1.165) is 25.9 Å². The Morgan fingerprint density at radius 1 is 1.00 bits per heavy atom. The van der Waals surface area contributed by atoms with Gasteiger partial charge in [0.25, 0.3) is 5.91 Å². The summed E-state index contributed by atoms with van der Waals surface area (Å²) in [6.07, 6.45) is 5.79. The van der Waals surface area contributed by atoms with E-state index < -0.39 is 10.0 Å². The molecule has 0 radical (unpaired) electrons. The summed E-state index contributed by atoms with van der Waals surface area (Å²) in [5.74, 6) is -0.509. The number of piperidine rings is 2. The number of carbonyl (C=O) groups is 2. The average Bonchev–Trinajstić information content (AvgIpc) is 2.68. The largest absolute Gasteiger partial charge is 0.339 e. The lowest BCUT2D eigenvalue weighted by atomic mass is 9.98. The monoisotopic (exact) mass is 393 g/mol. The number of likely N-dealkylation sites (tertiary alicyclic amines) is 1. The molecule has 0 aliphatic carbocycles. The highest BCUT2D eigenvalue weighted by Crippen LogP contribution is 2.21. The number of rotatable bonds is 4. The van der Waals surface area contributed by atoms with Crippen LogP contribution in [0.5, 0.6) is 0 Å². The molecule has 2 amide bonds. The summed E-state index contributed by atoms with van der Waals surface area (Å²) in [6.45, 7) is 2.29. The van der Waals surface area contributed by atoms with Crippen molar-refractivity contribution in [3.63, 3.8) is 0 Å². The van der Waals surface area contributed by atoms with E-state index in [2.05, 4.69) is 5.32 Å². The SMILES string of the molecule is CS(=O)(=O)N1CCCC(C(=O)Nc2ccc(C(=O)N3CCCCC3)cc2)C1. The highest BCUT2D eigenvalue weighted by atomic mass is 32.2. The van der Waals surface area contributed by atoms with Crippen LogP contribution in [0, 0.1) is 5.92 Å². The minimum atomic E-state index is -3.28. The third kappa shape index (κ3) is 5.07. The predicted octanol–water partition coefficient (Wildman–Crippen LogP) is 1.92. The van der Waals surface area contributed by atoms with E-state index in [1.165, 1.54) is 17.0 Å². The number of benzene rings is 1. The molecule has 2 aliphatic heterocycles. The fourth-order valence-corrected chi connectivity index (χ4v) is 4.59. The number of nitrogens with zero attached hydrogens (tertiary/aromatic N) is 2. The van der Waals surface area contributed by atoms with Crippen LogP contribution in [-0.2, 0) is 14.8 Å². The summed E-state index contributed by atoms with van der Waals surface area (Å²) in [5, 5.41) is 2.84. The quantitative estimate of drug-likeness (QED) is 0.847. The summed E-state index contributed by atoms with van der Waals surface area (Å²) in [6, 6.07) is 6.92. The van der Waals surface area contributed by atoms with Crippen molar-refractivity contribution >= 4 is 27.5 Å². The fraction of sp³-hybridized carbons (Fsp3) is 0.579. The van der Waals surface area contributed by atoms with Crippen molar-refractivity contribution < 1.29 is 18.0 Å². The van der Waals surface area contributed by atoms with E-state index >= 15 is 0 Å². The van der Waals surface area contributed by atoms with E-state index in [-0.39, 0.29) is 24.3 Å². The number of nitrogens with one attached hydrogen (secondary N) is 1. The van der Waals surface area contributed by atoms with Crippen molar-refractivity contribution in [1.82, 2.24) is 9.21 Å². The summed E-state index contributed by atoms with van der Waals surface area (Å²) in [5.41, 5.74) is 1.24. The molecule has 0 bridgehead atoms. The minimum Gasteiger partial charge on any atom is -0.339 e. The van der Waals surface area contributed by atoms with Gasteiger partial charge < -0.3 is 10.2 Å². The van der Waals surface area contributed by atoms with Gasteiger partial charge in [0.05, 0.1) is 12.2 Å². The third-order valence-corrected chi connectivity index (χ3v) is 6.54. The zero-order valence-corrected chi connectivity index (χ0v) is 16.5. The molecule has 2 heterocycles. The number of carbonyl (C=O) groups excluding carboxylic acids is 2. The van der Waals surface area contributed by atoms with E-state index in [0.29, 0.717) is 30.6 Å². The second kappa shape index (κ2) is 8.39. The molecule has 0 aromatic heterocycles.